The molecule has 0 unspecified atom stereocenters. The van der Waals surface area contributed by atoms with Crippen LogP contribution in [-0.4, -0.2) is 47.0 Å². The van der Waals surface area contributed by atoms with E-state index in [9.17, 15) is 16.8 Å². The molecule has 0 radical (unpaired) electrons. The van der Waals surface area contributed by atoms with E-state index in [0.29, 0.717) is 26.2 Å². The highest BCUT2D eigenvalue weighted by Crippen LogP contribution is 2.18. The first-order valence-electron chi connectivity index (χ1n) is 5.60. The van der Waals surface area contributed by atoms with Gasteiger partial charge in [0.15, 0.2) is 13.1 Å². The van der Waals surface area contributed by atoms with Crippen molar-refractivity contribution in [1.29, 1.82) is 0 Å². The van der Waals surface area contributed by atoms with E-state index in [2.05, 4.69) is 0 Å². The molecule has 19 heavy (non-hydrogen) atoms. The normalized spacial score (nSPS) is 16.5. The number of anilines is 1. The second kappa shape index (κ2) is 5.27. The van der Waals surface area contributed by atoms with Crippen LogP contribution in [0.2, 0.25) is 0 Å². The Morgan fingerprint density at radius 3 is 2.05 bits per heavy atom. The second-order valence-electron chi connectivity index (χ2n) is 4.17. The van der Waals surface area contributed by atoms with Crippen molar-refractivity contribution in [1.82, 2.24) is 0 Å². The molecule has 1 fully saturated rings. The molecular weight excluding hydrogens is 290 g/mol. The van der Waals surface area contributed by atoms with Gasteiger partial charge in [-0.25, -0.2) is 13.6 Å². The van der Waals surface area contributed by atoms with E-state index in [-0.39, 0.29) is 4.90 Å². The van der Waals surface area contributed by atoms with Crippen LogP contribution < -0.4 is 10.0 Å². The molecule has 1 aliphatic heterocycles. The zero-order valence-electron chi connectivity index (χ0n) is 10.1. The number of primary sulfonamides is 1. The molecule has 0 spiro atoms. The summed E-state index contributed by atoms with van der Waals surface area (Å²) < 4.78 is 45.2. The van der Waals surface area contributed by atoms with E-state index in [1.54, 1.807) is 12.1 Å². The molecule has 0 saturated carbocycles. The Morgan fingerprint density at radius 2 is 1.63 bits per heavy atom. The lowest BCUT2D eigenvalue weighted by Gasteiger charge is -2.25. The first-order valence-corrected chi connectivity index (χ1v) is 8.18. The Kier molecular flexibility index (Phi) is 3.88. The first kappa shape index (κ1) is 14.0. The maximum atomic E-state index is 11.1. The van der Waals surface area contributed by atoms with E-state index in [1.807, 2.05) is 4.90 Å². The summed E-state index contributed by atoms with van der Waals surface area (Å²) in [6.45, 7) is 1.99. The Hall–Kier alpha value is -1.45. The van der Waals surface area contributed by atoms with Crippen LogP contribution in [0, 0.1) is 0 Å². The second-order valence-corrected chi connectivity index (χ2v) is 6.68. The minimum atomic E-state index is -3.68. The van der Waals surface area contributed by atoms with Crippen molar-refractivity contribution < 1.29 is 20.8 Å². The molecule has 1 aromatic carbocycles. The maximum absolute atomic E-state index is 11.1. The van der Waals surface area contributed by atoms with Gasteiger partial charge in [0.2, 0.25) is 10.0 Å². The number of nitrogens with zero attached hydrogens (tertiary/aromatic N) is 2. The average Bonchev–Trinajstić information content (AvgIpc) is 2.38. The third-order valence-electron chi connectivity index (χ3n) is 2.98. The molecule has 1 heterocycles. The van der Waals surface area contributed by atoms with Crippen LogP contribution in [0.1, 0.15) is 0 Å². The van der Waals surface area contributed by atoms with Crippen LogP contribution in [-0.2, 0) is 20.5 Å². The largest absolute Gasteiger partial charge is 0.459 e. The summed E-state index contributed by atoms with van der Waals surface area (Å²) in [5.74, 6) is 0. The van der Waals surface area contributed by atoms with Gasteiger partial charge in [-0.05, 0) is 24.3 Å². The Morgan fingerprint density at radius 1 is 1.11 bits per heavy atom. The van der Waals surface area contributed by atoms with E-state index >= 15 is 0 Å². The van der Waals surface area contributed by atoms with Gasteiger partial charge >= 0.3 is 10.5 Å². The van der Waals surface area contributed by atoms with E-state index in [0.717, 1.165) is 5.69 Å². The fourth-order valence-electron chi connectivity index (χ4n) is 1.94. The number of nitrogens with two attached hydrogens (primary N) is 1. The minimum Gasteiger partial charge on any atom is -0.359 e. The number of rotatable bonds is 2. The SMILES string of the molecule is NS(=O)(=O)c1ccc(N2CC[N+](=S(=O)=O)CC2)cc1. The van der Waals surface area contributed by atoms with E-state index in [4.69, 9.17) is 5.14 Å². The predicted molar refractivity (Wildman–Crippen MR) is 68.9 cm³/mol. The van der Waals surface area contributed by atoms with Crippen molar-refractivity contribution in [2.45, 2.75) is 4.90 Å². The number of sulfonamides is 1. The lowest BCUT2D eigenvalue weighted by molar-refractivity contribution is -0.505. The third-order valence-corrected chi connectivity index (χ3v) is 4.70. The molecule has 1 aliphatic rings. The summed E-state index contributed by atoms with van der Waals surface area (Å²) in [6, 6.07) is 6.23. The van der Waals surface area contributed by atoms with Crippen LogP contribution in [0.15, 0.2) is 29.2 Å². The molecule has 0 atom stereocenters. The summed E-state index contributed by atoms with van der Waals surface area (Å²) in [5, 5.41) is 5.02. The van der Waals surface area contributed by atoms with Gasteiger partial charge in [0.25, 0.3) is 0 Å². The molecule has 7 nitrogen and oxygen atoms in total. The summed E-state index contributed by atoms with van der Waals surface area (Å²) in [4.78, 5) is 2.06. The molecular formula is C10H14N3O4S2+. The molecule has 2 rings (SSSR count). The van der Waals surface area contributed by atoms with Crippen LogP contribution in [0.3, 0.4) is 0 Å². The fraction of sp³-hybridized carbons (Fsp3) is 0.400. The van der Waals surface area contributed by atoms with Gasteiger partial charge in [0.1, 0.15) is 0 Å². The van der Waals surface area contributed by atoms with Crippen molar-refractivity contribution in [3.05, 3.63) is 24.3 Å². The number of hydrogen-bond donors (Lipinski definition) is 1. The number of hydrogen-bond acceptors (Lipinski definition) is 5. The number of piperazine rings is 1. The molecule has 9 heteroatoms. The zero-order chi connectivity index (χ0) is 14.0. The van der Waals surface area contributed by atoms with Gasteiger partial charge in [-0.2, -0.15) is 0 Å². The number of benzene rings is 1. The standard InChI is InChI=1S/C10H14N3O4S2/c11-19(16,17)10-3-1-9(2-4-10)12-5-7-13(8-6-12)18(14)15/h1-4H,5-8H2,(H2,11,16,17)/q+1. The van der Waals surface area contributed by atoms with Crippen LogP contribution in [0.25, 0.3) is 0 Å². The van der Waals surface area contributed by atoms with Crippen LogP contribution in [0.5, 0.6) is 0 Å². The van der Waals surface area contributed by atoms with Gasteiger partial charge in [-0.3, -0.25) is 0 Å². The van der Waals surface area contributed by atoms with Crippen LogP contribution >= 0.6 is 0 Å². The Labute approximate surface area is 113 Å². The molecule has 0 amide bonds. The minimum absolute atomic E-state index is 0.0653. The van der Waals surface area contributed by atoms with Crippen molar-refractivity contribution in [3.63, 3.8) is 0 Å². The zero-order valence-corrected chi connectivity index (χ0v) is 11.7. The van der Waals surface area contributed by atoms with Gasteiger partial charge < -0.3 is 4.90 Å². The quantitative estimate of drug-likeness (QED) is 0.723. The molecule has 0 aliphatic carbocycles. The predicted octanol–water partition coefficient (Wildman–Crippen LogP) is -0.771. The average molecular weight is 304 g/mol. The molecule has 0 bridgehead atoms. The Bertz CT molecular complexity index is 690. The summed E-state index contributed by atoms with van der Waals surface area (Å²) in [6.07, 6.45) is 0. The first-order chi connectivity index (χ1) is 8.88. The molecule has 0 aromatic heterocycles. The summed E-state index contributed by atoms with van der Waals surface area (Å²) in [7, 11) is -5.86. The highest BCUT2D eigenvalue weighted by atomic mass is 32.2. The van der Waals surface area contributed by atoms with Crippen molar-refractivity contribution in [2.24, 2.45) is 5.14 Å². The smallest absolute Gasteiger partial charge is 0.359 e. The summed E-state index contributed by atoms with van der Waals surface area (Å²) in [5.41, 5.74) is 0.851. The molecule has 2 N–H and O–H groups in total. The van der Waals surface area contributed by atoms with E-state index < -0.39 is 20.5 Å². The van der Waals surface area contributed by atoms with Gasteiger partial charge in [-0.1, -0.05) is 0 Å². The molecule has 1 aromatic rings. The highest BCUT2D eigenvalue weighted by molar-refractivity contribution is 7.89. The van der Waals surface area contributed by atoms with Crippen molar-refractivity contribution >= 4 is 26.2 Å². The fourth-order valence-corrected chi connectivity index (χ4v) is 2.92. The Balaban J connectivity index is 2.15. The third kappa shape index (κ3) is 3.31. The topological polar surface area (TPSA) is 101 Å². The van der Waals surface area contributed by atoms with E-state index in [1.165, 1.54) is 16.1 Å². The lowest BCUT2D eigenvalue weighted by atomic mass is 10.2. The van der Waals surface area contributed by atoms with Gasteiger partial charge in [0, 0.05) is 5.69 Å². The van der Waals surface area contributed by atoms with Crippen molar-refractivity contribution in [2.75, 3.05) is 31.1 Å². The lowest BCUT2D eigenvalue weighted by Crippen LogP contribution is -2.41. The molecule has 104 valence electrons. The van der Waals surface area contributed by atoms with Gasteiger partial charge in [-0.15, -0.1) is 12.4 Å². The molecule has 1 saturated heterocycles. The summed E-state index contributed by atoms with van der Waals surface area (Å²) >= 11 is 0. The monoisotopic (exact) mass is 304 g/mol. The van der Waals surface area contributed by atoms with Gasteiger partial charge in [0.05, 0.1) is 18.0 Å². The maximum Gasteiger partial charge on any atom is 0.459 e. The highest BCUT2D eigenvalue weighted by Gasteiger charge is 2.21. The van der Waals surface area contributed by atoms with Crippen molar-refractivity contribution in [3.8, 4) is 0 Å². The van der Waals surface area contributed by atoms with Crippen LogP contribution in [0.4, 0.5) is 5.69 Å².